The largest absolute Gasteiger partial charge is 0.349 e. The van der Waals surface area contributed by atoms with Crippen molar-refractivity contribution in [1.82, 2.24) is 0 Å². The van der Waals surface area contributed by atoms with Crippen LogP contribution in [0.1, 0.15) is 103 Å². The maximum absolute atomic E-state index is 5.99. The summed E-state index contributed by atoms with van der Waals surface area (Å²) in [6.45, 7) is 19.4. The van der Waals surface area contributed by atoms with Gasteiger partial charge in [-0.1, -0.05) is 0 Å². The van der Waals surface area contributed by atoms with Crippen LogP contribution in [0.25, 0.3) is 0 Å². The Balaban J connectivity index is 3.90. The highest BCUT2D eigenvalue weighted by Gasteiger charge is 2.30. The van der Waals surface area contributed by atoms with Gasteiger partial charge in [-0.25, -0.2) is 0 Å². The van der Waals surface area contributed by atoms with Gasteiger partial charge in [0.1, 0.15) is 0 Å². The van der Waals surface area contributed by atoms with Crippen LogP contribution in [-0.2, 0) is 37.9 Å². The van der Waals surface area contributed by atoms with Crippen LogP contribution >= 0.6 is 0 Å². The summed E-state index contributed by atoms with van der Waals surface area (Å²) in [5.74, 6) is 0. The Labute approximate surface area is 206 Å². The Kier molecular flexibility index (Phi) is 16.6. The normalized spacial score (nSPS) is 12.1. The van der Waals surface area contributed by atoms with Crippen molar-refractivity contribution >= 4 is 0 Å². The Bertz CT molecular complexity index is 524. The minimum Gasteiger partial charge on any atom is -0.349 e. The lowest BCUT2D eigenvalue weighted by atomic mass is 9.96. The summed E-state index contributed by atoms with van der Waals surface area (Å²) in [5, 5.41) is 0. The van der Waals surface area contributed by atoms with Gasteiger partial charge in [0.2, 0.25) is 0 Å². The summed E-state index contributed by atoms with van der Waals surface area (Å²) in [6.07, 6.45) is -2.43. The Morgan fingerprint density at radius 3 is 0.618 bits per heavy atom. The first-order chi connectivity index (χ1) is 16.6. The van der Waals surface area contributed by atoms with Crippen molar-refractivity contribution in [3.8, 4) is 0 Å². The van der Waals surface area contributed by atoms with Gasteiger partial charge in [0.05, 0.1) is 0 Å². The number of rotatable bonds is 20. The monoisotopic (exact) mass is 486 g/mol. The standard InChI is InChI=1S/C26H46O8/c1-9-27-23(28-10-2)19-17-21(25(31-13-5)32-14-6)22(26(33-15-7)34-16-8)18-20(19)24(29-11-3)30-12-4/h17-18,23-26H,9-16H2,1-8H3. The van der Waals surface area contributed by atoms with Crippen LogP contribution in [0.3, 0.4) is 0 Å². The molecule has 1 aromatic rings. The van der Waals surface area contributed by atoms with E-state index in [1.54, 1.807) is 0 Å². The summed E-state index contributed by atoms with van der Waals surface area (Å²) in [6, 6.07) is 3.99. The number of hydrogen-bond donors (Lipinski definition) is 0. The van der Waals surface area contributed by atoms with E-state index in [1.165, 1.54) is 0 Å². The third-order valence-corrected chi connectivity index (χ3v) is 4.85. The molecule has 0 spiro atoms. The van der Waals surface area contributed by atoms with Crippen LogP contribution < -0.4 is 0 Å². The molecule has 0 unspecified atom stereocenters. The Hall–Kier alpha value is -1.10. The van der Waals surface area contributed by atoms with Crippen molar-refractivity contribution in [2.24, 2.45) is 0 Å². The lowest BCUT2D eigenvalue weighted by molar-refractivity contribution is -0.162. The molecule has 0 saturated carbocycles. The molecule has 0 fully saturated rings. The Morgan fingerprint density at radius 2 is 0.500 bits per heavy atom. The molecule has 0 bridgehead atoms. The first kappa shape index (κ1) is 30.9. The average molecular weight is 487 g/mol. The highest BCUT2D eigenvalue weighted by molar-refractivity contribution is 5.42. The van der Waals surface area contributed by atoms with Crippen LogP contribution in [0, 0.1) is 0 Å². The van der Waals surface area contributed by atoms with Gasteiger partial charge < -0.3 is 37.9 Å². The van der Waals surface area contributed by atoms with Crippen LogP contribution in [0.4, 0.5) is 0 Å². The topological polar surface area (TPSA) is 73.8 Å². The molecule has 0 saturated heterocycles. The van der Waals surface area contributed by atoms with Gasteiger partial charge in [-0.15, -0.1) is 0 Å². The second-order valence-corrected chi connectivity index (χ2v) is 7.08. The maximum Gasteiger partial charge on any atom is 0.184 e. The number of hydrogen-bond acceptors (Lipinski definition) is 8. The van der Waals surface area contributed by atoms with Gasteiger partial charge in [-0.05, 0) is 67.5 Å². The smallest absolute Gasteiger partial charge is 0.184 e. The zero-order valence-corrected chi connectivity index (χ0v) is 22.4. The molecule has 8 heteroatoms. The molecule has 0 aliphatic rings. The van der Waals surface area contributed by atoms with Crippen LogP contribution in [-0.4, -0.2) is 52.9 Å². The second-order valence-electron chi connectivity index (χ2n) is 7.08. The molecule has 1 aromatic carbocycles. The summed E-state index contributed by atoms with van der Waals surface area (Å²) in [4.78, 5) is 0. The van der Waals surface area contributed by atoms with Gasteiger partial charge in [0.25, 0.3) is 0 Å². The van der Waals surface area contributed by atoms with E-state index in [2.05, 4.69) is 0 Å². The number of benzene rings is 1. The summed E-state index contributed by atoms with van der Waals surface area (Å²) in [5.41, 5.74) is 3.19. The lowest BCUT2D eigenvalue weighted by Crippen LogP contribution is -2.22. The first-order valence-corrected chi connectivity index (χ1v) is 12.7. The zero-order valence-electron chi connectivity index (χ0n) is 22.4. The van der Waals surface area contributed by atoms with Crippen molar-refractivity contribution in [1.29, 1.82) is 0 Å². The van der Waals surface area contributed by atoms with Crippen LogP contribution in [0.2, 0.25) is 0 Å². The van der Waals surface area contributed by atoms with E-state index in [9.17, 15) is 0 Å². The quantitative estimate of drug-likeness (QED) is 0.209. The van der Waals surface area contributed by atoms with Crippen molar-refractivity contribution in [2.75, 3.05) is 52.9 Å². The Morgan fingerprint density at radius 1 is 0.353 bits per heavy atom. The molecule has 34 heavy (non-hydrogen) atoms. The molecule has 1 rings (SSSR count). The molecule has 198 valence electrons. The molecule has 0 amide bonds. The fourth-order valence-corrected chi connectivity index (χ4v) is 3.61. The van der Waals surface area contributed by atoms with Gasteiger partial charge in [0.15, 0.2) is 25.2 Å². The third-order valence-electron chi connectivity index (χ3n) is 4.85. The highest BCUT2D eigenvalue weighted by Crippen LogP contribution is 2.39. The van der Waals surface area contributed by atoms with Gasteiger partial charge >= 0.3 is 0 Å². The van der Waals surface area contributed by atoms with Crippen molar-refractivity contribution in [2.45, 2.75) is 80.6 Å². The van der Waals surface area contributed by atoms with E-state index in [-0.39, 0.29) is 0 Å². The fraction of sp³-hybridized carbons (Fsp3) is 0.769. The van der Waals surface area contributed by atoms with E-state index < -0.39 is 25.2 Å². The molecule has 0 N–H and O–H groups in total. The molecule has 0 aliphatic heterocycles. The minimum atomic E-state index is -0.609. The fourth-order valence-electron chi connectivity index (χ4n) is 3.61. The van der Waals surface area contributed by atoms with Crippen molar-refractivity contribution < 1.29 is 37.9 Å². The SMILES string of the molecule is CCOC(OCC)c1cc(C(OCC)OCC)c(C(OCC)OCC)cc1C(OCC)OCC. The van der Waals surface area contributed by atoms with E-state index in [0.29, 0.717) is 52.9 Å². The predicted octanol–water partition coefficient (Wildman–Crippen LogP) is 5.97. The molecule has 0 atom stereocenters. The van der Waals surface area contributed by atoms with Crippen LogP contribution in [0.15, 0.2) is 12.1 Å². The van der Waals surface area contributed by atoms with E-state index in [4.69, 9.17) is 37.9 Å². The maximum atomic E-state index is 5.99. The van der Waals surface area contributed by atoms with E-state index >= 15 is 0 Å². The molecular weight excluding hydrogens is 440 g/mol. The predicted molar refractivity (Wildman–Crippen MR) is 130 cm³/mol. The first-order valence-electron chi connectivity index (χ1n) is 12.7. The van der Waals surface area contributed by atoms with Crippen molar-refractivity contribution in [3.63, 3.8) is 0 Å². The molecule has 0 heterocycles. The summed E-state index contributed by atoms with van der Waals surface area (Å²) >= 11 is 0. The molecule has 0 radical (unpaired) electrons. The average Bonchev–Trinajstić information content (AvgIpc) is 2.83. The zero-order chi connectivity index (χ0) is 25.3. The van der Waals surface area contributed by atoms with Gasteiger partial charge in [0, 0.05) is 75.1 Å². The molecular formula is C26H46O8. The highest BCUT2D eigenvalue weighted by atomic mass is 16.7. The second kappa shape index (κ2) is 18.2. The van der Waals surface area contributed by atoms with E-state index in [1.807, 2.05) is 67.5 Å². The minimum absolute atomic E-state index is 0.482. The van der Waals surface area contributed by atoms with E-state index in [0.717, 1.165) is 22.3 Å². The number of ether oxygens (including phenoxy) is 8. The summed E-state index contributed by atoms with van der Waals surface area (Å²) < 4.78 is 47.9. The molecule has 8 nitrogen and oxygen atoms in total. The van der Waals surface area contributed by atoms with Crippen LogP contribution in [0.5, 0.6) is 0 Å². The van der Waals surface area contributed by atoms with Gasteiger partial charge in [-0.3, -0.25) is 0 Å². The lowest BCUT2D eigenvalue weighted by Gasteiger charge is -2.30. The van der Waals surface area contributed by atoms with Gasteiger partial charge in [-0.2, -0.15) is 0 Å². The molecule has 0 aromatic heterocycles. The molecule has 0 aliphatic carbocycles. The third kappa shape index (κ3) is 9.17. The van der Waals surface area contributed by atoms with Crippen molar-refractivity contribution in [3.05, 3.63) is 34.4 Å². The summed E-state index contributed by atoms with van der Waals surface area (Å²) in [7, 11) is 0.